The van der Waals surface area contributed by atoms with E-state index in [4.69, 9.17) is 15.7 Å². The average Bonchev–Trinajstić information content (AvgIpc) is 3.30. The number of aromatic nitrogens is 4. The number of ether oxygens (including phenoxy) is 1. The lowest BCUT2D eigenvalue weighted by Gasteiger charge is -2.16. The van der Waals surface area contributed by atoms with E-state index in [1.54, 1.807) is 24.3 Å². The van der Waals surface area contributed by atoms with E-state index in [1.165, 1.54) is 17.1 Å². The maximum atomic E-state index is 10.3. The minimum atomic E-state index is -1.29. The summed E-state index contributed by atoms with van der Waals surface area (Å²) < 4.78 is 6.93. The number of hydrazone groups is 1. The Labute approximate surface area is 169 Å². The molecule has 154 valence electrons. The van der Waals surface area contributed by atoms with Crippen LogP contribution in [0.4, 0.5) is 11.8 Å². The zero-order valence-corrected chi connectivity index (χ0v) is 15.5. The summed E-state index contributed by atoms with van der Waals surface area (Å²) in [6.45, 7) is -0.449. The highest BCUT2D eigenvalue weighted by atomic mass is 16.6. The van der Waals surface area contributed by atoms with E-state index in [0.29, 0.717) is 5.56 Å². The first-order valence-corrected chi connectivity index (χ1v) is 8.93. The van der Waals surface area contributed by atoms with Gasteiger partial charge in [0.15, 0.2) is 17.7 Å². The Morgan fingerprint density at radius 3 is 2.70 bits per heavy atom. The van der Waals surface area contributed by atoms with Crippen molar-refractivity contribution in [1.29, 1.82) is 5.26 Å². The molecule has 0 aliphatic carbocycles. The molecule has 1 fully saturated rings. The van der Waals surface area contributed by atoms with Gasteiger partial charge < -0.3 is 25.8 Å². The summed E-state index contributed by atoms with van der Waals surface area (Å²) in [5.41, 5.74) is 10.5. The lowest BCUT2D eigenvalue weighted by molar-refractivity contribution is -0.0511. The number of nitrogens with zero attached hydrogens (tertiary/aromatic N) is 6. The van der Waals surface area contributed by atoms with Crippen molar-refractivity contribution in [3.05, 3.63) is 41.7 Å². The number of aliphatic hydroxyl groups is 3. The number of hydrogen-bond acceptors (Lipinski definition) is 11. The molecule has 1 aliphatic heterocycles. The van der Waals surface area contributed by atoms with Gasteiger partial charge in [0, 0.05) is 0 Å². The van der Waals surface area contributed by atoms with Crippen LogP contribution in [0.15, 0.2) is 35.7 Å². The van der Waals surface area contributed by atoms with Gasteiger partial charge in [-0.2, -0.15) is 20.3 Å². The van der Waals surface area contributed by atoms with E-state index in [-0.39, 0.29) is 22.9 Å². The minimum Gasteiger partial charge on any atom is -0.394 e. The molecule has 0 unspecified atom stereocenters. The van der Waals surface area contributed by atoms with Gasteiger partial charge in [-0.25, -0.2) is 10.4 Å². The first-order valence-electron chi connectivity index (χ1n) is 8.93. The van der Waals surface area contributed by atoms with Crippen molar-refractivity contribution in [3.8, 4) is 6.07 Å². The molecular formula is C18H18N8O4. The summed E-state index contributed by atoms with van der Waals surface area (Å²) in [6.07, 6.45) is -1.61. The monoisotopic (exact) mass is 410 g/mol. The smallest absolute Gasteiger partial charge is 0.247 e. The number of nitrogen functional groups attached to an aromatic ring is 1. The molecule has 30 heavy (non-hydrogen) atoms. The number of aliphatic hydroxyl groups excluding tert-OH is 3. The quantitative estimate of drug-likeness (QED) is 0.267. The topological polar surface area (TPSA) is 188 Å². The Balaban J connectivity index is 1.59. The van der Waals surface area contributed by atoms with Crippen LogP contribution in [0.25, 0.3) is 11.2 Å². The third kappa shape index (κ3) is 3.53. The van der Waals surface area contributed by atoms with E-state index in [9.17, 15) is 15.3 Å². The Bertz CT molecular complexity index is 1120. The Kier molecular flexibility index (Phi) is 5.25. The third-order valence-electron chi connectivity index (χ3n) is 4.66. The van der Waals surface area contributed by atoms with Gasteiger partial charge in [0.1, 0.15) is 23.8 Å². The number of nitrogens with one attached hydrogen (secondary N) is 1. The van der Waals surface area contributed by atoms with Crippen molar-refractivity contribution in [1.82, 2.24) is 19.5 Å². The van der Waals surface area contributed by atoms with E-state index >= 15 is 0 Å². The number of imidazole rings is 1. The van der Waals surface area contributed by atoms with Crippen molar-refractivity contribution in [2.24, 2.45) is 5.10 Å². The number of rotatable bonds is 5. The molecule has 0 spiro atoms. The molecule has 12 heteroatoms. The minimum absolute atomic E-state index is 0.0818. The molecule has 1 aromatic carbocycles. The molecule has 2 aromatic heterocycles. The average molecular weight is 410 g/mol. The fourth-order valence-corrected chi connectivity index (χ4v) is 3.09. The summed E-state index contributed by atoms with van der Waals surface area (Å²) >= 11 is 0. The van der Waals surface area contributed by atoms with Crippen LogP contribution in [0, 0.1) is 11.3 Å². The second kappa shape index (κ2) is 8.01. The molecule has 0 saturated carbocycles. The lowest BCUT2D eigenvalue weighted by atomic mass is 10.1. The number of fused-ring (bicyclic) bond motifs is 1. The largest absolute Gasteiger partial charge is 0.394 e. The van der Waals surface area contributed by atoms with Crippen molar-refractivity contribution in [2.75, 3.05) is 17.8 Å². The SMILES string of the molecule is N#Cc1ccc(/C=N/Nc2nc(N)c3ncn([C@@H]4O[C@H](CO)[C@H](O)[C@@H]4O)c3n2)cc1. The van der Waals surface area contributed by atoms with Crippen LogP contribution >= 0.6 is 0 Å². The molecule has 12 nitrogen and oxygen atoms in total. The first kappa shape index (κ1) is 19.7. The lowest BCUT2D eigenvalue weighted by Crippen LogP contribution is -2.33. The van der Waals surface area contributed by atoms with Crippen molar-refractivity contribution in [3.63, 3.8) is 0 Å². The van der Waals surface area contributed by atoms with Crippen LogP contribution in [0.3, 0.4) is 0 Å². The normalized spacial score (nSPS) is 23.8. The van der Waals surface area contributed by atoms with E-state index < -0.39 is 31.1 Å². The molecule has 0 radical (unpaired) electrons. The van der Waals surface area contributed by atoms with Gasteiger partial charge >= 0.3 is 0 Å². The van der Waals surface area contributed by atoms with Gasteiger partial charge in [-0.1, -0.05) is 12.1 Å². The summed E-state index contributed by atoms with van der Waals surface area (Å²) in [4.78, 5) is 12.6. The van der Waals surface area contributed by atoms with Gasteiger partial charge in [-0.3, -0.25) is 4.57 Å². The van der Waals surface area contributed by atoms with Crippen LogP contribution < -0.4 is 11.2 Å². The van der Waals surface area contributed by atoms with Crippen molar-refractivity contribution < 1.29 is 20.1 Å². The van der Waals surface area contributed by atoms with Gasteiger partial charge in [0.05, 0.1) is 30.8 Å². The molecule has 0 bridgehead atoms. The molecule has 3 aromatic rings. The zero-order valence-electron chi connectivity index (χ0n) is 15.5. The summed E-state index contributed by atoms with van der Waals surface area (Å²) in [6, 6.07) is 8.84. The number of nitrogens with two attached hydrogens (primary N) is 1. The molecule has 1 aliphatic rings. The van der Waals surface area contributed by atoms with E-state index in [1.807, 2.05) is 6.07 Å². The number of benzene rings is 1. The maximum Gasteiger partial charge on any atom is 0.247 e. The fraction of sp³-hybridized carbons (Fsp3) is 0.278. The first-order chi connectivity index (χ1) is 14.5. The second-order valence-electron chi connectivity index (χ2n) is 6.59. The van der Waals surface area contributed by atoms with E-state index in [0.717, 1.165) is 5.56 Å². The van der Waals surface area contributed by atoms with Crippen molar-refractivity contribution in [2.45, 2.75) is 24.5 Å². The summed E-state index contributed by atoms with van der Waals surface area (Å²) in [5.74, 6) is 0.167. The highest BCUT2D eigenvalue weighted by Gasteiger charge is 2.44. The highest BCUT2D eigenvalue weighted by molar-refractivity contribution is 5.83. The van der Waals surface area contributed by atoms with Gasteiger partial charge in [0.25, 0.3) is 0 Å². The number of hydrogen-bond donors (Lipinski definition) is 5. The number of anilines is 2. The van der Waals surface area contributed by atoms with Crippen LogP contribution in [0.1, 0.15) is 17.4 Å². The molecule has 1 saturated heterocycles. The summed E-state index contributed by atoms with van der Waals surface area (Å²) in [5, 5.41) is 42.4. The van der Waals surface area contributed by atoms with E-state index in [2.05, 4.69) is 25.5 Å². The van der Waals surface area contributed by atoms with Crippen LogP contribution in [0.5, 0.6) is 0 Å². The Morgan fingerprint density at radius 1 is 1.27 bits per heavy atom. The molecule has 3 heterocycles. The van der Waals surface area contributed by atoms with Gasteiger partial charge in [-0.15, -0.1) is 0 Å². The van der Waals surface area contributed by atoms with Crippen LogP contribution in [0.2, 0.25) is 0 Å². The third-order valence-corrected chi connectivity index (χ3v) is 4.66. The Hall–Kier alpha value is -3.63. The molecule has 4 atom stereocenters. The zero-order chi connectivity index (χ0) is 21.3. The van der Waals surface area contributed by atoms with Gasteiger partial charge in [0.2, 0.25) is 5.95 Å². The molecular weight excluding hydrogens is 392 g/mol. The standard InChI is InChI=1S/C18H18N8O4/c19-5-9-1-3-10(4-2-9)6-22-25-18-23-15(20)12-16(24-18)26(8-21-12)17-14(29)13(28)11(7-27)30-17/h1-4,6,8,11,13-14,17,27-29H,7H2,(H3,20,23,24,25)/b22-6+/t11-,13+,14+,17-/m1/s1. The predicted octanol–water partition coefficient (Wildman–Crippen LogP) is -0.662. The molecule has 0 amide bonds. The van der Waals surface area contributed by atoms with Crippen LogP contribution in [-0.4, -0.2) is 66.0 Å². The second-order valence-corrected chi connectivity index (χ2v) is 6.59. The van der Waals surface area contributed by atoms with Crippen molar-refractivity contribution >= 4 is 29.1 Å². The number of nitriles is 1. The molecule has 4 rings (SSSR count). The molecule has 6 N–H and O–H groups in total. The fourth-order valence-electron chi connectivity index (χ4n) is 3.09. The summed E-state index contributed by atoms with van der Waals surface area (Å²) in [7, 11) is 0. The van der Waals surface area contributed by atoms with Gasteiger partial charge in [-0.05, 0) is 17.7 Å². The maximum absolute atomic E-state index is 10.3. The highest BCUT2D eigenvalue weighted by Crippen LogP contribution is 2.32. The predicted molar refractivity (Wildman–Crippen MR) is 105 cm³/mol. The van der Waals surface area contributed by atoms with Crippen LogP contribution in [-0.2, 0) is 4.74 Å². The Morgan fingerprint density at radius 2 is 2.03 bits per heavy atom.